The van der Waals surface area contributed by atoms with Crippen LogP contribution in [0, 0.1) is 0 Å². The van der Waals surface area contributed by atoms with E-state index in [0.29, 0.717) is 12.8 Å². The number of hydrogen-bond donors (Lipinski definition) is 2. The van der Waals surface area contributed by atoms with Crippen LogP contribution in [0.3, 0.4) is 0 Å². The van der Waals surface area contributed by atoms with Gasteiger partial charge < -0.3 is 19.9 Å². The molecule has 1 heterocycles. The Bertz CT molecular complexity index is 349. The van der Waals surface area contributed by atoms with E-state index in [2.05, 4.69) is 5.32 Å². The van der Waals surface area contributed by atoms with E-state index in [1.165, 1.54) is 0 Å². The summed E-state index contributed by atoms with van der Waals surface area (Å²) in [6.07, 6.45) is -0.123. The number of carbonyl (C=O) groups is 2. The number of nitrogens with one attached hydrogen (secondary N) is 1. The Morgan fingerprint density at radius 1 is 1.35 bits per heavy atom. The lowest BCUT2D eigenvalue weighted by molar-refractivity contribution is -0.145. The maximum absolute atomic E-state index is 11.6. The molecular formula is C11H17NO5. The van der Waals surface area contributed by atoms with Crippen LogP contribution in [-0.2, 0) is 14.3 Å². The third kappa shape index (κ3) is 2.52. The number of ether oxygens (including phenoxy) is 2. The fraction of sp³-hybridized carbons (Fsp3) is 0.818. The van der Waals surface area contributed by atoms with Crippen molar-refractivity contribution < 1.29 is 24.2 Å². The SMILES string of the molecule is CC(C)(C)OC(=O)NC1(C(=O)O)C[C@H]2O[C@@H]2C1. The molecule has 2 fully saturated rings. The van der Waals surface area contributed by atoms with Crippen LogP contribution in [-0.4, -0.2) is 40.5 Å². The highest BCUT2D eigenvalue weighted by Gasteiger charge is 2.60. The molecule has 17 heavy (non-hydrogen) atoms. The Morgan fingerprint density at radius 2 is 1.88 bits per heavy atom. The lowest BCUT2D eigenvalue weighted by atomic mass is 9.97. The summed E-state index contributed by atoms with van der Waals surface area (Å²) >= 11 is 0. The molecule has 1 saturated carbocycles. The van der Waals surface area contributed by atoms with Crippen LogP contribution in [0.25, 0.3) is 0 Å². The topological polar surface area (TPSA) is 88.2 Å². The Kier molecular flexibility index (Phi) is 2.57. The summed E-state index contributed by atoms with van der Waals surface area (Å²) in [5.74, 6) is -1.03. The summed E-state index contributed by atoms with van der Waals surface area (Å²) in [6.45, 7) is 5.19. The molecule has 2 atom stereocenters. The lowest BCUT2D eigenvalue weighted by Gasteiger charge is -2.28. The molecular weight excluding hydrogens is 226 g/mol. The highest BCUT2D eigenvalue weighted by Crippen LogP contribution is 2.44. The standard InChI is InChI=1S/C11H17NO5/c1-10(2,3)17-9(15)12-11(8(13)14)4-6-7(5-11)16-6/h6-7H,4-5H2,1-3H3,(H,12,15)(H,13,14)/t6-,7-/m1/s1. The van der Waals surface area contributed by atoms with Gasteiger partial charge in [0, 0.05) is 12.8 Å². The second kappa shape index (κ2) is 3.60. The van der Waals surface area contributed by atoms with Gasteiger partial charge in [0.15, 0.2) is 0 Å². The van der Waals surface area contributed by atoms with E-state index >= 15 is 0 Å². The second-order valence-corrected chi connectivity index (χ2v) is 5.64. The van der Waals surface area contributed by atoms with E-state index in [1.807, 2.05) is 0 Å². The molecule has 1 saturated heterocycles. The summed E-state index contributed by atoms with van der Waals surface area (Å²) in [7, 11) is 0. The third-order valence-corrected chi connectivity index (χ3v) is 2.94. The first-order valence-electron chi connectivity index (χ1n) is 5.62. The van der Waals surface area contributed by atoms with Crippen LogP contribution in [0.15, 0.2) is 0 Å². The molecule has 0 aromatic carbocycles. The molecule has 0 unspecified atom stereocenters. The lowest BCUT2D eigenvalue weighted by Crippen LogP contribution is -2.55. The van der Waals surface area contributed by atoms with Gasteiger partial charge >= 0.3 is 12.1 Å². The first-order valence-corrected chi connectivity index (χ1v) is 5.62. The van der Waals surface area contributed by atoms with E-state index in [1.54, 1.807) is 20.8 Å². The Hall–Kier alpha value is -1.30. The Labute approximate surface area is 99.3 Å². The number of alkyl carbamates (subject to hydrolysis) is 1. The van der Waals surface area contributed by atoms with Crippen LogP contribution >= 0.6 is 0 Å². The average molecular weight is 243 g/mol. The molecule has 1 aliphatic heterocycles. The number of carboxylic acids is 1. The number of fused-ring (bicyclic) bond motifs is 1. The normalized spacial score (nSPS) is 29.4. The number of hydrogen-bond acceptors (Lipinski definition) is 4. The molecule has 1 amide bonds. The molecule has 0 aromatic heterocycles. The molecule has 2 aliphatic rings. The van der Waals surface area contributed by atoms with E-state index < -0.39 is 23.2 Å². The number of amides is 1. The zero-order valence-electron chi connectivity index (χ0n) is 10.1. The van der Waals surface area contributed by atoms with Gasteiger partial charge in [-0.1, -0.05) is 0 Å². The van der Waals surface area contributed by atoms with Crippen LogP contribution in [0.2, 0.25) is 0 Å². The van der Waals surface area contributed by atoms with Gasteiger partial charge in [-0.05, 0) is 20.8 Å². The van der Waals surface area contributed by atoms with Gasteiger partial charge in [-0.25, -0.2) is 9.59 Å². The van der Waals surface area contributed by atoms with Crippen molar-refractivity contribution in [1.82, 2.24) is 5.32 Å². The maximum atomic E-state index is 11.6. The Balaban J connectivity index is 1.99. The largest absolute Gasteiger partial charge is 0.479 e. The minimum absolute atomic E-state index is 0.0268. The quantitative estimate of drug-likeness (QED) is 0.703. The van der Waals surface area contributed by atoms with Gasteiger partial charge in [-0.2, -0.15) is 0 Å². The predicted molar refractivity (Wildman–Crippen MR) is 57.6 cm³/mol. The molecule has 1 aliphatic carbocycles. The van der Waals surface area contributed by atoms with E-state index in [-0.39, 0.29) is 12.2 Å². The van der Waals surface area contributed by atoms with Gasteiger partial charge in [0.1, 0.15) is 11.1 Å². The molecule has 6 nitrogen and oxygen atoms in total. The number of aliphatic carboxylic acids is 1. The smallest absolute Gasteiger partial charge is 0.408 e. The maximum Gasteiger partial charge on any atom is 0.408 e. The van der Waals surface area contributed by atoms with Gasteiger partial charge in [0.05, 0.1) is 12.2 Å². The number of carboxylic acid groups (broad SMARTS) is 1. The highest BCUT2D eigenvalue weighted by atomic mass is 16.6. The first-order chi connectivity index (χ1) is 7.72. The summed E-state index contributed by atoms with van der Waals surface area (Å²) in [5, 5.41) is 11.7. The van der Waals surface area contributed by atoms with E-state index in [0.717, 1.165) is 0 Å². The zero-order valence-corrected chi connectivity index (χ0v) is 10.1. The monoisotopic (exact) mass is 243 g/mol. The third-order valence-electron chi connectivity index (χ3n) is 2.94. The number of epoxide rings is 1. The summed E-state index contributed by atoms with van der Waals surface area (Å²) < 4.78 is 10.3. The molecule has 2 N–H and O–H groups in total. The van der Waals surface area contributed by atoms with Crippen molar-refractivity contribution in [3.8, 4) is 0 Å². The molecule has 0 radical (unpaired) electrons. The van der Waals surface area contributed by atoms with Crippen molar-refractivity contribution in [3.05, 3.63) is 0 Å². The van der Waals surface area contributed by atoms with Crippen LogP contribution in [0.1, 0.15) is 33.6 Å². The van der Waals surface area contributed by atoms with Crippen molar-refractivity contribution >= 4 is 12.1 Å². The van der Waals surface area contributed by atoms with Crippen LogP contribution < -0.4 is 5.32 Å². The van der Waals surface area contributed by atoms with Gasteiger partial charge in [-0.15, -0.1) is 0 Å². The van der Waals surface area contributed by atoms with Gasteiger partial charge in [0.25, 0.3) is 0 Å². The van der Waals surface area contributed by atoms with Crippen LogP contribution in [0.4, 0.5) is 4.79 Å². The van der Waals surface area contributed by atoms with Crippen molar-refractivity contribution in [2.24, 2.45) is 0 Å². The number of carbonyl (C=O) groups excluding carboxylic acids is 1. The van der Waals surface area contributed by atoms with Gasteiger partial charge in [0.2, 0.25) is 0 Å². The Morgan fingerprint density at radius 3 is 2.29 bits per heavy atom. The zero-order chi connectivity index (χ0) is 12.8. The molecule has 96 valence electrons. The van der Waals surface area contributed by atoms with Crippen molar-refractivity contribution in [2.45, 2.75) is 57.0 Å². The highest BCUT2D eigenvalue weighted by molar-refractivity contribution is 5.85. The van der Waals surface area contributed by atoms with Crippen LogP contribution in [0.5, 0.6) is 0 Å². The predicted octanol–water partition coefficient (Wildman–Crippen LogP) is 0.896. The molecule has 2 rings (SSSR count). The summed E-state index contributed by atoms with van der Waals surface area (Å²) in [5.41, 5.74) is -1.86. The number of rotatable bonds is 2. The van der Waals surface area contributed by atoms with Crippen molar-refractivity contribution in [3.63, 3.8) is 0 Å². The molecule has 0 spiro atoms. The fourth-order valence-electron chi connectivity index (χ4n) is 2.14. The molecule has 6 heteroatoms. The first kappa shape index (κ1) is 12.2. The van der Waals surface area contributed by atoms with Gasteiger partial charge in [-0.3, -0.25) is 0 Å². The minimum Gasteiger partial charge on any atom is -0.479 e. The molecule has 0 bridgehead atoms. The van der Waals surface area contributed by atoms with E-state index in [9.17, 15) is 14.7 Å². The van der Waals surface area contributed by atoms with Crippen molar-refractivity contribution in [1.29, 1.82) is 0 Å². The molecule has 0 aromatic rings. The van der Waals surface area contributed by atoms with E-state index in [4.69, 9.17) is 9.47 Å². The van der Waals surface area contributed by atoms with Crippen molar-refractivity contribution in [2.75, 3.05) is 0 Å². The summed E-state index contributed by atoms with van der Waals surface area (Å²) in [4.78, 5) is 22.9. The summed E-state index contributed by atoms with van der Waals surface area (Å²) in [6, 6.07) is 0. The minimum atomic E-state index is -1.23. The fourth-order valence-corrected chi connectivity index (χ4v) is 2.14. The average Bonchev–Trinajstić information content (AvgIpc) is 2.70. The second-order valence-electron chi connectivity index (χ2n) is 5.64.